The number of anilines is 1. The quantitative estimate of drug-likeness (QED) is 0.591. The molecule has 1 aliphatic heterocycles. The summed E-state index contributed by atoms with van der Waals surface area (Å²) in [6, 6.07) is 4.36. The van der Waals surface area contributed by atoms with Gasteiger partial charge in [0.15, 0.2) is 0 Å². The Balaban J connectivity index is 0.000000343. The van der Waals surface area contributed by atoms with Crippen molar-refractivity contribution in [2.75, 3.05) is 18.9 Å². The van der Waals surface area contributed by atoms with Crippen LogP contribution in [0.25, 0.3) is 0 Å². The normalized spacial score (nSPS) is 12.4. The first-order chi connectivity index (χ1) is 8.65. The first-order valence-corrected chi connectivity index (χ1v) is 6.00. The maximum Gasteiger partial charge on any atom is 0.144 e. The van der Waals surface area contributed by atoms with Gasteiger partial charge in [-0.3, -0.25) is 0 Å². The van der Waals surface area contributed by atoms with Crippen LogP contribution in [-0.2, 0) is 4.74 Å². The highest BCUT2D eigenvalue weighted by Gasteiger charge is 2.05. The second-order valence-electron chi connectivity index (χ2n) is 3.28. The van der Waals surface area contributed by atoms with E-state index in [0.29, 0.717) is 4.47 Å². The number of nitrogens with zero attached hydrogens (tertiary/aromatic N) is 1. The Kier molecular flexibility index (Phi) is 8.65. The van der Waals surface area contributed by atoms with Crippen molar-refractivity contribution in [1.82, 2.24) is 0 Å². The van der Waals surface area contributed by atoms with Gasteiger partial charge in [0.2, 0.25) is 0 Å². The van der Waals surface area contributed by atoms with Crippen molar-refractivity contribution in [3.63, 3.8) is 0 Å². The summed E-state index contributed by atoms with van der Waals surface area (Å²) in [5.41, 5.74) is 5.39. The highest BCUT2D eigenvalue weighted by molar-refractivity contribution is 9.10. The van der Waals surface area contributed by atoms with E-state index in [1.165, 1.54) is 25.0 Å². The molecule has 2 N–H and O–H groups in total. The zero-order valence-electron chi connectivity index (χ0n) is 9.83. The van der Waals surface area contributed by atoms with Crippen molar-refractivity contribution < 1.29 is 9.13 Å². The smallest absolute Gasteiger partial charge is 0.144 e. The Hall–Kier alpha value is -1.56. The standard InChI is InChI=1S/C7H4BrFN2.C4H8O.C2H2/c8-4-1-6(9)5(3-10)7(11)2-4;1-2-4-5-3-1;1-2/h1-2H,11H2;1-4H2;1-2H. The van der Waals surface area contributed by atoms with Crippen LogP contribution in [0.15, 0.2) is 16.6 Å². The molecule has 18 heavy (non-hydrogen) atoms. The third kappa shape index (κ3) is 5.67. The van der Waals surface area contributed by atoms with Crippen LogP contribution in [-0.4, -0.2) is 13.2 Å². The van der Waals surface area contributed by atoms with E-state index in [-0.39, 0.29) is 11.3 Å². The van der Waals surface area contributed by atoms with E-state index in [1.807, 2.05) is 0 Å². The fourth-order valence-electron chi connectivity index (χ4n) is 1.22. The number of hydrogen-bond acceptors (Lipinski definition) is 3. The molecule has 1 aliphatic rings. The summed E-state index contributed by atoms with van der Waals surface area (Å²) < 4.78 is 18.3. The lowest BCUT2D eigenvalue weighted by atomic mass is 10.2. The van der Waals surface area contributed by atoms with Gasteiger partial charge in [-0.2, -0.15) is 5.26 Å². The van der Waals surface area contributed by atoms with E-state index in [4.69, 9.17) is 15.7 Å². The van der Waals surface area contributed by atoms with Crippen molar-refractivity contribution in [3.05, 3.63) is 28.0 Å². The second kappa shape index (κ2) is 9.47. The summed E-state index contributed by atoms with van der Waals surface area (Å²) >= 11 is 3.05. The van der Waals surface area contributed by atoms with Crippen LogP contribution in [0.1, 0.15) is 18.4 Å². The fraction of sp³-hybridized carbons (Fsp3) is 0.308. The number of rotatable bonds is 0. The third-order valence-corrected chi connectivity index (χ3v) is 2.48. The van der Waals surface area contributed by atoms with E-state index in [1.54, 1.807) is 6.07 Å². The molecule has 1 aromatic rings. The zero-order chi connectivity index (χ0) is 14.0. The van der Waals surface area contributed by atoms with Gasteiger partial charge in [-0.1, -0.05) is 15.9 Å². The highest BCUT2D eigenvalue weighted by atomic mass is 79.9. The van der Waals surface area contributed by atoms with Gasteiger partial charge in [0, 0.05) is 17.7 Å². The van der Waals surface area contributed by atoms with Crippen molar-refractivity contribution in [3.8, 4) is 18.9 Å². The molecule has 2 rings (SSSR count). The van der Waals surface area contributed by atoms with Gasteiger partial charge in [-0.05, 0) is 25.0 Å². The molecule has 1 saturated heterocycles. The second-order valence-corrected chi connectivity index (χ2v) is 4.20. The van der Waals surface area contributed by atoms with Crippen LogP contribution in [0, 0.1) is 30.0 Å². The summed E-state index contributed by atoms with van der Waals surface area (Å²) in [7, 11) is 0. The zero-order valence-corrected chi connectivity index (χ0v) is 11.4. The van der Waals surface area contributed by atoms with Gasteiger partial charge in [-0.25, -0.2) is 4.39 Å². The summed E-state index contributed by atoms with van der Waals surface area (Å²) in [5.74, 6) is -0.598. The number of nitrogen functional groups attached to an aromatic ring is 1. The fourth-order valence-corrected chi connectivity index (χ4v) is 1.67. The first-order valence-electron chi connectivity index (χ1n) is 5.21. The summed E-state index contributed by atoms with van der Waals surface area (Å²) in [6.07, 6.45) is 10.6. The maximum absolute atomic E-state index is 12.8. The molecular formula is C13H14BrFN2O. The van der Waals surface area contributed by atoms with Crippen LogP contribution in [0.4, 0.5) is 10.1 Å². The minimum atomic E-state index is -0.598. The van der Waals surface area contributed by atoms with E-state index in [9.17, 15) is 4.39 Å². The Labute approximate surface area is 115 Å². The van der Waals surface area contributed by atoms with Gasteiger partial charge in [0.05, 0.1) is 5.69 Å². The number of ether oxygens (including phenoxy) is 1. The maximum atomic E-state index is 12.8. The van der Waals surface area contributed by atoms with Crippen LogP contribution >= 0.6 is 15.9 Å². The van der Waals surface area contributed by atoms with Crippen LogP contribution in [0.2, 0.25) is 0 Å². The molecule has 1 aromatic carbocycles. The lowest BCUT2D eigenvalue weighted by molar-refractivity contribution is 0.198. The lowest BCUT2D eigenvalue weighted by Gasteiger charge is -1.98. The molecule has 0 amide bonds. The monoisotopic (exact) mass is 312 g/mol. The molecule has 0 spiro atoms. The van der Waals surface area contributed by atoms with Crippen LogP contribution in [0.3, 0.4) is 0 Å². The van der Waals surface area contributed by atoms with Crippen LogP contribution in [0.5, 0.6) is 0 Å². The third-order valence-electron chi connectivity index (χ3n) is 2.02. The molecular weight excluding hydrogens is 299 g/mol. The Morgan fingerprint density at radius 3 is 2.22 bits per heavy atom. The van der Waals surface area contributed by atoms with Gasteiger partial charge < -0.3 is 10.5 Å². The average molecular weight is 313 g/mol. The summed E-state index contributed by atoms with van der Waals surface area (Å²) in [6.45, 7) is 2.00. The first kappa shape index (κ1) is 16.4. The Bertz CT molecular complexity index is 406. The number of benzene rings is 1. The topological polar surface area (TPSA) is 59.0 Å². The molecule has 3 nitrogen and oxygen atoms in total. The summed E-state index contributed by atoms with van der Waals surface area (Å²) in [5, 5.41) is 8.40. The van der Waals surface area contributed by atoms with Gasteiger partial charge in [0.1, 0.15) is 17.4 Å². The van der Waals surface area contributed by atoms with E-state index in [2.05, 4.69) is 28.8 Å². The van der Waals surface area contributed by atoms with Gasteiger partial charge in [0.25, 0.3) is 0 Å². The summed E-state index contributed by atoms with van der Waals surface area (Å²) in [4.78, 5) is 0. The van der Waals surface area contributed by atoms with Gasteiger partial charge >= 0.3 is 0 Å². The molecule has 0 aliphatic carbocycles. The van der Waals surface area contributed by atoms with Gasteiger partial charge in [-0.15, -0.1) is 12.8 Å². The predicted octanol–water partition coefficient (Wildman–Crippen LogP) is 3.09. The highest BCUT2D eigenvalue weighted by Crippen LogP contribution is 2.21. The number of nitriles is 1. The van der Waals surface area contributed by atoms with Crippen molar-refractivity contribution in [1.29, 1.82) is 5.26 Å². The SMILES string of the molecule is C#C.C1CCOC1.N#Cc1c(N)cc(Br)cc1F. The Morgan fingerprint density at radius 1 is 1.33 bits per heavy atom. The van der Waals surface area contributed by atoms with Crippen molar-refractivity contribution in [2.45, 2.75) is 12.8 Å². The molecule has 0 atom stereocenters. The molecule has 0 bridgehead atoms. The molecule has 1 fully saturated rings. The number of terminal acetylenes is 1. The molecule has 1 heterocycles. The van der Waals surface area contributed by atoms with Crippen molar-refractivity contribution >= 4 is 21.6 Å². The predicted molar refractivity (Wildman–Crippen MR) is 73.2 cm³/mol. The molecule has 96 valence electrons. The molecule has 0 aromatic heterocycles. The average Bonchev–Trinajstić information content (AvgIpc) is 2.89. The number of halogens is 2. The van der Waals surface area contributed by atoms with E-state index in [0.717, 1.165) is 13.2 Å². The largest absolute Gasteiger partial charge is 0.398 e. The molecule has 0 radical (unpaired) electrons. The van der Waals surface area contributed by atoms with E-state index < -0.39 is 5.82 Å². The lowest BCUT2D eigenvalue weighted by Crippen LogP contribution is -1.93. The van der Waals surface area contributed by atoms with Crippen LogP contribution < -0.4 is 5.73 Å². The number of hydrogen-bond donors (Lipinski definition) is 1. The minimum Gasteiger partial charge on any atom is -0.398 e. The Morgan fingerprint density at radius 2 is 1.89 bits per heavy atom. The molecule has 5 heteroatoms. The van der Waals surface area contributed by atoms with Crippen molar-refractivity contribution in [2.24, 2.45) is 0 Å². The minimum absolute atomic E-state index is 0.104. The number of nitrogens with two attached hydrogens (primary N) is 1. The molecule has 0 saturated carbocycles. The molecule has 0 unspecified atom stereocenters. The van der Waals surface area contributed by atoms with E-state index >= 15 is 0 Å².